The van der Waals surface area contributed by atoms with E-state index in [4.69, 9.17) is 4.74 Å². The van der Waals surface area contributed by atoms with E-state index < -0.39 is 54.2 Å². The van der Waals surface area contributed by atoms with Gasteiger partial charge in [0.05, 0.1) is 5.56 Å². The Hall–Kier alpha value is -4.87. The molecule has 12 heteroatoms. The third kappa shape index (κ3) is 6.61. The van der Waals surface area contributed by atoms with Gasteiger partial charge in [-0.3, -0.25) is 19.3 Å². The van der Waals surface area contributed by atoms with E-state index in [-0.39, 0.29) is 37.3 Å². The fraction of sp³-hybridized carbons (Fsp3) is 0.389. The second-order valence-corrected chi connectivity index (χ2v) is 12.9. The van der Waals surface area contributed by atoms with E-state index in [2.05, 4.69) is 0 Å². The average molecular weight is 664 g/mol. The predicted octanol–water partition coefficient (Wildman–Crippen LogP) is 5.28. The molecule has 1 aliphatic heterocycles. The third-order valence-corrected chi connectivity index (χ3v) is 9.81. The Balaban J connectivity index is 1.22. The third-order valence-electron chi connectivity index (χ3n) is 9.81. The maximum atomic E-state index is 14.3. The van der Waals surface area contributed by atoms with Crippen LogP contribution in [0.15, 0.2) is 72.8 Å². The summed E-state index contributed by atoms with van der Waals surface area (Å²) in [5.41, 5.74) is 3.76. The van der Waals surface area contributed by atoms with Gasteiger partial charge in [-0.05, 0) is 64.6 Å². The molecule has 1 N–H and O–H groups in total. The van der Waals surface area contributed by atoms with Crippen molar-refractivity contribution in [2.75, 3.05) is 33.8 Å². The van der Waals surface area contributed by atoms with Gasteiger partial charge in [0.15, 0.2) is 0 Å². The van der Waals surface area contributed by atoms with Crippen molar-refractivity contribution < 1.29 is 42.2 Å². The first kappa shape index (κ1) is 33.0. The first-order chi connectivity index (χ1) is 22.8. The fourth-order valence-electron chi connectivity index (χ4n) is 7.09. The monoisotopic (exact) mass is 663 g/mol. The van der Waals surface area contributed by atoms with Crippen molar-refractivity contribution in [3.63, 3.8) is 0 Å². The van der Waals surface area contributed by atoms with Gasteiger partial charge in [0, 0.05) is 33.0 Å². The van der Waals surface area contributed by atoms with Gasteiger partial charge < -0.3 is 19.6 Å². The molecule has 2 aliphatic carbocycles. The number of rotatable bonds is 9. The highest BCUT2D eigenvalue weighted by Crippen LogP contribution is 2.47. The number of carboxylic acid groups (broad SMARTS) is 1. The molecule has 1 unspecified atom stereocenters. The Morgan fingerprint density at radius 2 is 1.52 bits per heavy atom. The number of carboxylic acids is 1. The molecule has 3 aromatic carbocycles. The summed E-state index contributed by atoms with van der Waals surface area (Å²) in [5, 5.41) is 9.34. The number of aliphatic carboxylic acids is 1. The molecule has 1 saturated heterocycles. The van der Waals surface area contributed by atoms with Gasteiger partial charge >= 0.3 is 18.2 Å². The lowest BCUT2D eigenvalue weighted by Gasteiger charge is -2.36. The van der Waals surface area contributed by atoms with Gasteiger partial charge in [0.25, 0.3) is 0 Å². The maximum Gasteiger partial charge on any atom is 0.416 e. The summed E-state index contributed by atoms with van der Waals surface area (Å²) in [6, 6.07) is 18.0. The van der Waals surface area contributed by atoms with Crippen LogP contribution in [0.5, 0.6) is 0 Å². The van der Waals surface area contributed by atoms with Crippen molar-refractivity contribution in [2.45, 2.75) is 43.4 Å². The number of ether oxygens (including phenoxy) is 1. The smallest absolute Gasteiger partial charge is 0.416 e. The Kier molecular flexibility index (Phi) is 8.93. The van der Waals surface area contributed by atoms with Crippen LogP contribution in [0.25, 0.3) is 11.1 Å². The molecule has 9 nitrogen and oxygen atoms in total. The van der Waals surface area contributed by atoms with E-state index in [9.17, 15) is 37.5 Å². The molecule has 0 radical (unpaired) electrons. The van der Waals surface area contributed by atoms with Crippen molar-refractivity contribution >= 4 is 23.9 Å². The average Bonchev–Trinajstić information content (AvgIpc) is 3.75. The summed E-state index contributed by atoms with van der Waals surface area (Å²) in [6.45, 7) is -0.362. The normalized spacial score (nSPS) is 20.6. The van der Waals surface area contributed by atoms with Crippen molar-refractivity contribution in [2.24, 2.45) is 11.8 Å². The number of fused-ring (bicyclic) bond motifs is 4. The molecule has 0 bridgehead atoms. The number of benzene rings is 3. The molecule has 1 saturated carbocycles. The summed E-state index contributed by atoms with van der Waals surface area (Å²) in [5.74, 6) is -2.38. The maximum absolute atomic E-state index is 14.3. The Morgan fingerprint density at radius 1 is 0.917 bits per heavy atom. The molecule has 0 spiro atoms. The summed E-state index contributed by atoms with van der Waals surface area (Å²) in [7, 11) is 2.80. The van der Waals surface area contributed by atoms with Gasteiger partial charge in [-0.15, -0.1) is 0 Å². The van der Waals surface area contributed by atoms with E-state index in [0.29, 0.717) is 12.0 Å². The lowest BCUT2D eigenvalue weighted by atomic mass is 9.98. The second kappa shape index (κ2) is 13.0. The molecule has 3 amide bonds. The van der Waals surface area contributed by atoms with Gasteiger partial charge in [-0.1, -0.05) is 60.7 Å². The quantitative estimate of drug-likeness (QED) is 0.334. The molecule has 2 fully saturated rings. The van der Waals surface area contributed by atoms with Crippen LogP contribution in [0.4, 0.5) is 18.0 Å². The Bertz CT molecular complexity index is 1680. The molecule has 48 heavy (non-hydrogen) atoms. The molecule has 6 rings (SSSR count). The van der Waals surface area contributed by atoms with E-state index >= 15 is 0 Å². The molecular formula is C36H36F3N3O6. The zero-order chi connectivity index (χ0) is 34.3. The second-order valence-electron chi connectivity index (χ2n) is 12.9. The number of carbonyl (C=O) groups excluding carboxylic acids is 3. The Labute approximate surface area is 275 Å². The van der Waals surface area contributed by atoms with Gasteiger partial charge in [0.1, 0.15) is 25.2 Å². The minimum atomic E-state index is -4.55. The highest BCUT2D eigenvalue weighted by molar-refractivity contribution is 5.93. The first-order valence-electron chi connectivity index (χ1n) is 15.8. The summed E-state index contributed by atoms with van der Waals surface area (Å²) >= 11 is 0. The largest absolute Gasteiger partial charge is 0.480 e. The molecule has 3 aromatic rings. The number of halogens is 3. The van der Waals surface area contributed by atoms with Crippen LogP contribution >= 0.6 is 0 Å². The van der Waals surface area contributed by atoms with E-state index in [1.807, 2.05) is 48.5 Å². The lowest BCUT2D eigenvalue weighted by molar-refractivity contribution is -0.150. The Morgan fingerprint density at radius 3 is 2.10 bits per heavy atom. The number of hydrogen-bond acceptors (Lipinski definition) is 5. The summed E-state index contributed by atoms with van der Waals surface area (Å²) in [6.07, 6.45) is -4.22. The fourth-order valence-corrected chi connectivity index (χ4v) is 7.09. The van der Waals surface area contributed by atoms with Crippen LogP contribution in [-0.2, 0) is 31.7 Å². The number of hydrogen-bond donors (Lipinski definition) is 1. The van der Waals surface area contributed by atoms with Crippen LogP contribution in [-0.4, -0.2) is 89.6 Å². The van der Waals surface area contributed by atoms with Gasteiger partial charge in [0.2, 0.25) is 11.8 Å². The van der Waals surface area contributed by atoms with Crippen LogP contribution < -0.4 is 0 Å². The van der Waals surface area contributed by atoms with E-state index in [1.165, 1.54) is 36.0 Å². The molecule has 4 atom stereocenters. The molecule has 3 aliphatic rings. The highest BCUT2D eigenvalue weighted by Gasteiger charge is 2.50. The predicted molar refractivity (Wildman–Crippen MR) is 169 cm³/mol. The number of alkyl halides is 3. The summed E-state index contributed by atoms with van der Waals surface area (Å²) < 4.78 is 45.5. The minimum Gasteiger partial charge on any atom is -0.480 e. The molecular weight excluding hydrogens is 627 g/mol. The molecule has 0 aromatic heterocycles. The molecule has 252 valence electrons. The van der Waals surface area contributed by atoms with Crippen LogP contribution in [0.3, 0.4) is 0 Å². The van der Waals surface area contributed by atoms with Crippen molar-refractivity contribution in [1.29, 1.82) is 0 Å². The number of nitrogens with zero attached hydrogens (tertiary/aromatic N) is 3. The zero-order valence-corrected chi connectivity index (χ0v) is 26.5. The van der Waals surface area contributed by atoms with Crippen LogP contribution in [0.2, 0.25) is 0 Å². The zero-order valence-electron chi connectivity index (χ0n) is 26.5. The number of likely N-dealkylation sites (N-methyl/N-ethyl adjacent to an activating group) is 2. The number of amides is 3. The van der Waals surface area contributed by atoms with Gasteiger partial charge in [-0.2, -0.15) is 13.2 Å². The first-order valence-corrected chi connectivity index (χ1v) is 15.8. The van der Waals surface area contributed by atoms with Crippen LogP contribution in [0, 0.1) is 11.8 Å². The van der Waals surface area contributed by atoms with Gasteiger partial charge in [-0.25, -0.2) is 4.79 Å². The topological polar surface area (TPSA) is 107 Å². The highest BCUT2D eigenvalue weighted by atomic mass is 19.4. The van der Waals surface area contributed by atoms with E-state index in [1.54, 1.807) is 0 Å². The standard InChI is InChI=1S/C36H36F3N3O6/c1-40(19-32(43)44)33(45)31(15-21-11-13-24(14-12-21)36(37,38)39)42-18-23-16-22(23)17-30(34(42)46)41(2)35(47)48-20-29-27-9-5-3-7-25(27)26-8-4-6-10-28(26)29/h3-14,22-23,29-31H,15-20H2,1-2H3,(H,43,44)/t22-,23+,30+,31?/m1/s1. The molecule has 1 heterocycles. The van der Waals surface area contributed by atoms with Crippen LogP contribution in [0.1, 0.15) is 41.0 Å². The minimum absolute atomic E-state index is 0.0584. The van der Waals surface area contributed by atoms with Crippen molar-refractivity contribution in [3.05, 3.63) is 95.1 Å². The van der Waals surface area contributed by atoms with E-state index in [0.717, 1.165) is 45.7 Å². The summed E-state index contributed by atoms with van der Waals surface area (Å²) in [4.78, 5) is 56.6. The lowest BCUT2D eigenvalue weighted by Crippen LogP contribution is -2.57. The number of carbonyl (C=O) groups is 4. The number of likely N-dealkylation sites (tertiary alicyclic amines) is 1. The SMILES string of the molecule is CN(CC(=O)O)C(=O)C(Cc1ccc(C(F)(F)F)cc1)N1C[C@@H]2C[C@@H]2C[C@H](N(C)C(=O)OCC2c3ccccc3-c3ccccc32)C1=O. The van der Waals surface area contributed by atoms with Crippen molar-refractivity contribution in [3.8, 4) is 11.1 Å². The van der Waals surface area contributed by atoms with Crippen molar-refractivity contribution in [1.82, 2.24) is 14.7 Å².